The average molecular weight is 405 g/mol. The van der Waals surface area contributed by atoms with Crippen LogP contribution in [0, 0.1) is 0 Å². The number of ketones is 1. The van der Waals surface area contributed by atoms with Crippen LogP contribution in [0.2, 0.25) is 0 Å². The van der Waals surface area contributed by atoms with Gasteiger partial charge in [-0.2, -0.15) is 0 Å². The van der Waals surface area contributed by atoms with E-state index in [2.05, 4.69) is 15.3 Å². The second-order valence-electron chi connectivity index (χ2n) is 6.55. The fourth-order valence-corrected chi connectivity index (χ4v) is 2.74. The molecule has 0 aromatic carbocycles. The molecule has 1 N–H and O–H groups in total. The van der Waals surface area contributed by atoms with Gasteiger partial charge in [-0.25, -0.2) is 13.8 Å². The number of pyridine rings is 2. The van der Waals surface area contributed by atoms with Crippen molar-refractivity contribution in [1.29, 1.82) is 0 Å². The number of Topliss-reactive ketones (excluding diaryl/α,β-unsaturated/α-hetero) is 1. The molecule has 2 rings (SSSR count). The van der Waals surface area contributed by atoms with E-state index in [0.29, 0.717) is 29.7 Å². The number of amides is 1. The van der Waals surface area contributed by atoms with Crippen molar-refractivity contribution >= 4 is 11.7 Å². The van der Waals surface area contributed by atoms with Crippen LogP contribution in [0.15, 0.2) is 30.6 Å². The summed E-state index contributed by atoms with van der Waals surface area (Å²) in [6, 6.07) is 4.97. The quantitative estimate of drug-likeness (QED) is 0.619. The van der Waals surface area contributed by atoms with E-state index in [1.54, 1.807) is 18.2 Å². The van der Waals surface area contributed by atoms with Crippen molar-refractivity contribution in [2.45, 2.75) is 52.5 Å². The van der Waals surface area contributed by atoms with Crippen molar-refractivity contribution in [3.05, 3.63) is 53.0 Å². The first-order valence-corrected chi connectivity index (χ1v) is 9.56. The van der Waals surface area contributed by atoms with Gasteiger partial charge in [0.15, 0.2) is 6.61 Å². The van der Waals surface area contributed by atoms with Gasteiger partial charge in [0.1, 0.15) is 5.78 Å². The van der Waals surface area contributed by atoms with Crippen molar-refractivity contribution in [3.63, 3.8) is 0 Å². The lowest BCUT2D eigenvalue weighted by molar-refractivity contribution is -0.118. The predicted octanol–water partition coefficient (Wildman–Crippen LogP) is 3.52. The topological polar surface area (TPSA) is 81.2 Å². The molecule has 2 heterocycles. The van der Waals surface area contributed by atoms with Crippen molar-refractivity contribution in [1.82, 2.24) is 15.3 Å². The number of aromatic nitrogens is 2. The van der Waals surface area contributed by atoms with E-state index in [9.17, 15) is 18.4 Å². The molecule has 2 aromatic heterocycles. The number of carbonyl (C=O) groups excluding carboxylic acids is 2. The number of alkyl halides is 2. The summed E-state index contributed by atoms with van der Waals surface area (Å²) in [5, 5.41) is 2.79. The van der Waals surface area contributed by atoms with Gasteiger partial charge in [0.05, 0.1) is 0 Å². The highest BCUT2D eigenvalue weighted by Crippen LogP contribution is 2.18. The third-order valence-corrected chi connectivity index (χ3v) is 4.15. The molecule has 0 saturated carbocycles. The zero-order valence-corrected chi connectivity index (χ0v) is 16.6. The van der Waals surface area contributed by atoms with Gasteiger partial charge in [-0.1, -0.05) is 13.8 Å². The van der Waals surface area contributed by atoms with Crippen LogP contribution in [0.1, 0.15) is 53.9 Å². The van der Waals surface area contributed by atoms with Crippen LogP contribution < -0.4 is 10.1 Å². The second-order valence-corrected chi connectivity index (χ2v) is 6.55. The first-order chi connectivity index (χ1) is 13.9. The lowest BCUT2D eigenvalue weighted by Gasteiger charge is -2.11. The molecular formula is C21H25F2N3O3. The van der Waals surface area contributed by atoms with Gasteiger partial charge in [0.25, 0.3) is 12.3 Å². The minimum absolute atomic E-state index is 0.0879. The Morgan fingerprint density at radius 3 is 2.69 bits per heavy atom. The Bertz CT molecular complexity index is 844. The summed E-state index contributed by atoms with van der Waals surface area (Å²) in [6.45, 7) is 3.32. The molecule has 0 aliphatic rings. The van der Waals surface area contributed by atoms with Crippen LogP contribution >= 0.6 is 0 Å². The summed E-state index contributed by atoms with van der Waals surface area (Å²) in [5.41, 5.74) is 2.40. The van der Waals surface area contributed by atoms with Crippen molar-refractivity contribution in [3.8, 4) is 5.88 Å². The number of ether oxygens (including phenoxy) is 1. The van der Waals surface area contributed by atoms with Crippen molar-refractivity contribution in [2.24, 2.45) is 0 Å². The van der Waals surface area contributed by atoms with Gasteiger partial charge in [0, 0.05) is 48.6 Å². The molecule has 0 atom stereocenters. The van der Waals surface area contributed by atoms with Crippen LogP contribution in [0.4, 0.5) is 8.78 Å². The molecule has 0 saturated heterocycles. The second kappa shape index (κ2) is 11.2. The Labute approximate surface area is 168 Å². The molecule has 8 heteroatoms. The van der Waals surface area contributed by atoms with Gasteiger partial charge in [0.2, 0.25) is 5.88 Å². The van der Waals surface area contributed by atoms with Crippen LogP contribution in [-0.4, -0.2) is 34.7 Å². The van der Waals surface area contributed by atoms with Gasteiger partial charge in [-0.05, 0) is 36.6 Å². The van der Waals surface area contributed by atoms with E-state index >= 15 is 0 Å². The number of aryl methyl sites for hydroxylation is 1. The summed E-state index contributed by atoms with van der Waals surface area (Å²) in [4.78, 5) is 32.4. The molecule has 0 aliphatic carbocycles. The highest BCUT2D eigenvalue weighted by atomic mass is 19.3. The van der Waals surface area contributed by atoms with E-state index in [4.69, 9.17) is 4.74 Å². The average Bonchev–Trinajstić information content (AvgIpc) is 2.70. The van der Waals surface area contributed by atoms with Crippen molar-refractivity contribution < 1.29 is 23.1 Å². The maximum Gasteiger partial charge on any atom is 0.272 e. The Hall–Kier alpha value is -2.90. The monoisotopic (exact) mass is 405 g/mol. The molecule has 29 heavy (non-hydrogen) atoms. The normalized spacial score (nSPS) is 10.8. The number of nitrogens with one attached hydrogen (secondary N) is 1. The Kier molecular flexibility index (Phi) is 8.64. The molecular weight excluding hydrogens is 380 g/mol. The van der Waals surface area contributed by atoms with Gasteiger partial charge in [-0.15, -0.1) is 0 Å². The first-order valence-electron chi connectivity index (χ1n) is 9.56. The molecule has 0 aliphatic heterocycles. The van der Waals surface area contributed by atoms with E-state index in [0.717, 1.165) is 12.0 Å². The largest absolute Gasteiger partial charge is 0.471 e. The van der Waals surface area contributed by atoms with Crippen LogP contribution in [0.25, 0.3) is 0 Å². The fourth-order valence-electron chi connectivity index (χ4n) is 2.74. The molecule has 0 unspecified atom stereocenters. The summed E-state index contributed by atoms with van der Waals surface area (Å²) in [7, 11) is 0. The zero-order chi connectivity index (χ0) is 21.2. The summed E-state index contributed by atoms with van der Waals surface area (Å²) in [5.74, 6) is -0.0315. The molecule has 0 fully saturated rings. The number of hydrogen-bond donors (Lipinski definition) is 1. The molecule has 0 radical (unpaired) electrons. The predicted molar refractivity (Wildman–Crippen MR) is 104 cm³/mol. The zero-order valence-electron chi connectivity index (χ0n) is 16.6. The summed E-state index contributed by atoms with van der Waals surface area (Å²) in [6.07, 6.45) is 2.46. The summed E-state index contributed by atoms with van der Waals surface area (Å²) >= 11 is 0. The number of carbonyl (C=O) groups is 2. The Morgan fingerprint density at radius 2 is 2.00 bits per heavy atom. The van der Waals surface area contributed by atoms with Crippen molar-refractivity contribution in [2.75, 3.05) is 6.61 Å². The molecule has 0 spiro atoms. The third-order valence-electron chi connectivity index (χ3n) is 4.15. The summed E-state index contributed by atoms with van der Waals surface area (Å²) < 4.78 is 29.7. The highest BCUT2D eigenvalue weighted by Gasteiger charge is 2.12. The maximum absolute atomic E-state index is 12.4. The van der Waals surface area contributed by atoms with E-state index in [1.165, 1.54) is 12.4 Å². The molecule has 156 valence electrons. The Balaban J connectivity index is 1.99. The lowest BCUT2D eigenvalue weighted by atomic mass is 10.1. The molecule has 6 nitrogen and oxygen atoms in total. The molecule has 1 amide bonds. The Morgan fingerprint density at radius 1 is 1.21 bits per heavy atom. The lowest BCUT2D eigenvalue weighted by Crippen LogP contribution is -2.23. The number of hydrogen-bond acceptors (Lipinski definition) is 5. The third kappa shape index (κ3) is 7.21. The molecule has 0 bridgehead atoms. The maximum atomic E-state index is 12.4. The van der Waals surface area contributed by atoms with Crippen LogP contribution in [0.3, 0.4) is 0 Å². The fraction of sp³-hybridized carbons (Fsp3) is 0.429. The van der Waals surface area contributed by atoms with E-state index in [1.807, 2.05) is 13.8 Å². The van der Waals surface area contributed by atoms with Gasteiger partial charge < -0.3 is 10.1 Å². The highest BCUT2D eigenvalue weighted by molar-refractivity contribution is 5.94. The van der Waals surface area contributed by atoms with E-state index in [-0.39, 0.29) is 30.5 Å². The first kappa shape index (κ1) is 22.4. The van der Waals surface area contributed by atoms with Crippen LogP contribution in [0.5, 0.6) is 5.88 Å². The van der Waals surface area contributed by atoms with Gasteiger partial charge in [-0.3, -0.25) is 14.6 Å². The van der Waals surface area contributed by atoms with Gasteiger partial charge >= 0.3 is 0 Å². The minimum Gasteiger partial charge on any atom is -0.471 e. The number of halogens is 2. The van der Waals surface area contributed by atoms with E-state index < -0.39 is 13.0 Å². The smallest absolute Gasteiger partial charge is 0.272 e. The standard InChI is InChI=1S/C21H25F2N3O3/c1-3-5-18(27)10-17-9-16(6-7-24-17)20(28)25-11-14-8-15(4-2)21(26-12-14)29-13-19(22)23/h6-9,12,19H,3-5,10-11,13H2,1-2H3,(H,25,28). The molecule has 2 aromatic rings. The van der Waals surface area contributed by atoms with Crippen LogP contribution in [-0.2, 0) is 24.2 Å². The number of nitrogens with zero attached hydrogens (tertiary/aromatic N) is 2. The minimum atomic E-state index is -2.57. The number of rotatable bonds is 11. The SMILES string of the molecule is CCCC(=O)Cc1cc(C(=O)NCc2cnc(OCC(F)F)c(CC)c2)ccn1.